The Morgan fingerprint density at radius 3 is 2.48 bits per heavy atom. The van der Waals surface area contributed by atoms with Gasteiger partial charge in [-0.05, 0) is 38.0 Å². The lowest BCUT2D eigenvalue weighted by Gasteiger charge is -2.22. The molecule has 2 aromatic heterocycles. The summed E-state index contributed by atoms with van der Waals surface area (Å²) in [4.78, 5) is 3.64. The van der Waals surface area contributed by atoms with E-state index >= 15 is 0 Å². The third-order valence-electron chi connectivity index (χ3n) is 5.09. The van der Waals surface area contributed by atoms with Gasteiger partial charge in [0.15, 0.2) is 5.69 Å². The Balaban J connectivity index is 2.22. The molecule has 2 N–H and O–H groups in total. The van der Waals surface area contributed by atoms with Crippen molar-refractivity contribution >= 4 is 21.8 Å². The van der Waals surface area contributed by atoms with Gasteiger partial charge in [0.05, 0.1) is 11.0 Å². The Bertz CT molecular complexity index is 945. The first-order valence-corrected chi connectivity index (χ1v) is 9.20. The topological polar surface area (TPSA) is 50.1 Å². The molecule has 0 amide bonds. The van der Waals surface area contributed by atoms with E-state index in [-0.39, 0.29) is 17.3 Å². The Kier molecular flexibility index (Phi) is 5.33. The zero-order valence-corrected chi connectivity index (χ0v) is 15.6. The number of aromatic nitrogens is 2. The van der Waals surface area contributed by atoms with Crippen LogP contribution in [0.2, 0.25) is 0 Å². The van der Waals surface area contributed by atoms with Crippen LogP contribution < -0.4 is 5.32 Å². The van der Waals surface area contributed by atoms with E-state index in [1.165, 1.54) is 18.3 Å². The predicted molar refractivity (Wildman–Crippen MR) is 101 cm³/mol. The van der Waals surface area contributed by atoms with Crippen molar-refractivity contribution in [2.24, 2.45) is 0 Å². The molecule has 0 saturated carbocycles. The SMILES string of the molecule is CCC(CC)NCC(C)n1c2cc(O)ccc2c2ccnc(C(F)(F)F)c21. The molecule has 4 nitrogen and oxygen atoms in total. The number of hydrogen-bond acceptors (Lipinski definition) is 3. The molecule has 0 bridgehead atoms. The summed E-state index contributed by atoms with van der Waals surface area (Å²) in [6.45, 7) is 6.56. The van der Waals surface area contributed by atoms with Crippen LogP contribution in [0.25, 0.3) is 21.8 Å². The average molecular weight is 379 g/mol. The molecule has 0 aliphatic rings. The molecule has 27 heavy (non-hydrogen) atoms. The summed E-state index contributed by atoms with van der Waals surface area (Å²) in [7, 11) is 0. The van der Waals surface area contributed by atoms with E-state index in [0.717, 1.165) is 12.8 Å². The Morgan fingerprint density at radius 1 is 1.15 bits per heavy atom. The van der Waals surface area contributed by atoms with Gasteiger partial charge in [-0.1, -0.05) is 13.8 Å². The smallest absolute Gasteiger partial charge is 0.435 e. The molecule has 0 spiro atoms. The van der Waals surface area contributed by atoms with Crippen molar-refractivity contribution in [1.82, 2.24) is 14.9 Å². The zero-order valence-electron chi connectivity index (χ0n) is 15.6. The molecule has 0 aliphatic carbocycles. The van der Waals surface area contributed by atoms with E-state index in [1.807, 2.05) is 6.92 Å². The van der Waals surface area contributed by atoms with Gasteiger partial charge in [0.25, 0.3) is 0 Å². The van der Waals surface area contributed by atoms with Gasteiger partial charge in [-0.3, -0.25) is 0 Å². The number of aromatic hydroxyl groups is 1. The molecule has 1 unspecified atom stereocenters. The van der Waals surface area contributed by atoms with E-state index in [9.17, 15) is 18.3 Å². The minimum atomic E-state index is -4.56. The Morgan fingerprint density at radius 2 is 1.85 bits per heavy atom. The third kappa shape index (κ3) is 3.60. The second kappa shape index (κ2) is 7.38. The van der Waals surface area contributed by atoms with Crippen molar-refractivity contribution in [1.29, 1.82) is 0 Å². The molecule has 1 atom stereocenters. The first kappa shape index (κ1) is 19.5. The zero-order chi connectivity index (χ0) is 19.8. The highest BCUT2D eigenvalue weighted by molar-refractivity contribution is 6.09. The number of nitrogens with zero attached hydrogens (tertiary/aromatic N) is 2. The van der Waals surface area contributed by atoms with E-state index in [2.05, 4.69) is 24.1 Å². The number of alkyl halides is 3. The molecule has 146 valence electrons. The number of phenols is 1. The second-order valence-electron chi connectivity index (χ2n) is 6.90. The minimum absolute atomic E-state index is 0.0215. The number of hydrogen-bond donors (Lipinski definition) is 2. The molecule has 1 aromatic carbocycles. The maximum atomic E-state index is 13.7. The standard InChI is InChI=1S/C20H24F3N3O/c1-4-13(5-2)25-11-12(3)26-17-10-14(27)6-7-15(17)16-8-9-24-19(18(16)26)20(21,22)23/h6-10,12-13,25,27H,4-5,11H2,1-3H3. The van der Waals surface area contributed by atoms with Crippen LogP contribution in [-0.4, -0.2) is 27.2 Å². The van der Waals surface area contributed by atoms with E-state index in [0.29, 0.717) is 28.9 Å². The van der Waals surface area contributed by atoms with E-state index in [4.69, 9.17) is 0 Å². The lowest BCUT2D eigenvalue weighted by Crippen LogP contribution is -2.32. The van der Waals surface area contributed by atoms with Crippen LogP contribution in [0.3, 0.4) is 0 Å². The predicted octanol–water partition coefficient (Wildman–Crippen LogP) is 5.25. The molecule has 3 aromatic rings. The van der Waals surface area contributed by atoms with Gasteiger partial charge in [-0.2, -0.15) is 13.2 Å². The lowest BCUT2D eigenvalue weighted by atomic mass is 10.1. The van der Waals surface area contributed by atoms with Crippen LogP contribution in [0.4, 0.5) is 13.2 Å². The van der Waals surface area contributed by atoms with Gasteiger partial charge in [-0.15, -0.1) is 0 Å². The van der Waals surface area contributed by atoms with Gasteiger partial charge in [0.2, 0.25) is 0 Å². The summed E-state index contributed by atoms with van der Waals surface area (Å²) in [5.41, 5.74) is -0.267. The van der Waals surface area contributed by atoms with E-state index in [1.54, 1.807) is 16.7 Å². The normalized spacial score (nSPS) is 13.7. The van der Waals surface area contributed by atoms with Gasteiger partial charge in [0.1, 0.15) is 5.75 Å². The number of benzene rings is 1. The highest BCUT2D eigenvalue weighted by Crippen LogP contribution is 2.40. The van der Waals surface area contributed by atoms with Crippen molar-refractivity contribution in [3.63, 3.8) is 0 Å². The third-order valence-corrected chi connectivity index (χ3v) is 5.09. The molecule has 3 rings (SSSR count). The molecule has 0 radical (unpaired) electrons. The van der Waals surface area contributed by atoms with Crippen molar-refractivity contribution in [3.8, 4) is 5.75 Å². The summed E-state index contributed by atoms with van der Waals surface area (Å²) in [6, 6.07) is 6.33. The fourth-order valence-corrected chi connectivity index (χ4v) is 3.65. The minimum Gasteiger partial charge on any atom is -0.508 e. The number of rotatable bonds is 6. The average Bonchev–Trinajstić information content (AvgIpc) is 2.94. The van der Waals surface area contributed by atoms with Crippen molar-refractivity contribution in [2.45, 2.75) is 51.9 Å². The van der Waals surface area contributed by atoms with Crippen LogP contribution in [0.15, 0.2) is 30.5 Å². The van der Waals surface area contributed by atoms with Gasteiger partial charge in [0, 0.05) is 41.7 Å². The largest absolute Gasteiger partial charge is 0.508 e. The Labute approximate surface area is 156 Å². The first-order valence-electron chi connectivity index (χ1n) is 9.20. The summed E-state index contributed by atoms with van der Waals surface area (Å²) in [6.07, 6.45) is -1.47. The monoisotopic (exact) mass is 379 g/mol. The van der Waals surface area contributed by atoms with Crippen LogP contribution in [0.1, 0.15) is 45.3 Å². The second-order valence-corrected chi connectivity index (χ2v) is 6.90. The molecular weight excluding hydrogens is 355 g/mol. The maximum Gasteiger partial charge on any atom is 0.435 e. The number of phenolic OH excluding ortho intramolecular Hbond substituents is 1. The van der Waals surface area contributed by atoms with Crippen LogP contribution in [0.5, 0.6) is 5.75 Å². The van der Waals surface area contributed by atoms with E-state index < -0.39 is 11.9 Å². The summed E-state index contributed by atoms with van der Waals surface area (Å²) in [5.74, 6) is 0.0215. The quantitative estimate of drug-likeness (QED) is 0.615. The van der Waals surface area contributed by atoms with Crippen molar-refractivity contribution in [3.05, 3.63) is 36.2 Å². The molecule has 0 fully saturated rings. The molecule has 0 saturated heterocycles. The molecule has 2 heterocycles. The number of fused-ring (bicyclic) bond motifs is 3. The van der Waals surface area contributed by atoms with Gasteiger partial charge >= 0.3 is 6.18 Å². The fraction of sp³-hybridized carbons (Fsp3) is 0.450. The van der Waals surface area contributed by atoms with Crippen LogP contribution in [0, 0.1) is 0 Å². The maximum absolute atomic E-state index is 13.7. The number of halogens is 3. The number of pyridine rings is 1. The summed E-state index contributed by atoms with van der Waals surface area (Å²) >= 11 is 0. The summed E-state index contributed by atoms with van der Waals surface area (Å²) < 4.78 is 42.6. The Hall–Kier alpha value is -2.28. The summed E-state index contributed by atoms with van der Waals surface area (Å²) in [5, 5.41) is 14.5. The molecule has 7 heteroatoms. The molecular formula is C20H24F3N3O. The van der Waals surface area contributed by atoms with Gasteiger partial charge < -0.3 is 15.0 Å². The van der Waals surface area contributed by atoms with Crippen LogP contribution >= 0.6 is 0 Å². The first-order chi connectivity index (χ1) is 12.8. The fourth-order valence-electron chi connectivity index (χ4n) is 3.65. The van der Waals surface area contributed by atoms with Crippen molar-refractivity contribution in [2.75, 3.05) is 6.54 Å². The molecule has 0 aliphatic heterocycles. The van der Waals surface area contributed by atoms with Crippen LogP contribution in [-0.2, 0) is 6.18 Å². The van der Waals surface area contributed by atoms with Gasteiger partial charge in [-0.25, -0.2) is 4.98 Å². The van der Waals surface area contributed by atoms with Crippen molar-refractivity contribution < 1.29 is 18.3 Å². The highest BCUT2D eigenvalue weighted by atomic mass is 19.4. The lowest BCUT2D eigenvalue weighted by molar-refractivity contribution is -0.140. The highest BCUT2D eigenvalue weighted by Gasteiger charge is 2.37. The number of nitrogens with one attached hydrogen (secondary N) is 1.